The molecule has 0 spiro atoms. The first kappa shape index (κ1) is 14.5. The standard InChI is InChI=1S/C23H18O/c1-24-22-16-8-14-20(18-9-3-2-4-10-18)23(22)21-15-7-12-17-11-5-6-13-19(17)21/h2-16H,1H3. The molecule has 0 aliphatic rings. The summed E-state index contributed by atoms with van der Waals surface area (Å²) in [6, 6.07) is 31.6. The predicted octanol–water partition coefficient (Wildman–Crippen LogP) is 6.18. The van der Waals surface area contributed by atoms with Crippen LogP contribution in [0.5, 0.6) is 5.75 Å². The Balaban J connectivity index is 2.07. The van der Waals surface area contributed by atoms with Crippen molar-refractivity contribution in [2.45, 2.75) is 0 Å². The molecule has 1 heteroatoms. The van der Waals surface area contributed by atoms with Gasteiger partial charge in [0.1, 0.15) is 5.75 Å². The van der Waals surface area contributed by atoms with Gasteiger partial charge < -0.3 is 4.74 Å². The number of hydrogen-bond donors (Lipinski definition) is 0. The average molecular weight is 310 g/mol. The molecule has 4 rings (SSSR count). The van der Waals surface area contributed by atoms with Gasteiger partial charge in [-0.25, -0.2) is 0 Å². The molecule has 0 aliphatic heterocycles. The lowest BCUT2D eigenvalue weighted by Gasteiger charge is -2.16. The van der Waals surface area contributed by atoms with E-state index in [2.05, 4.69) is 78.9 Å². The molecule has 0 saturated carbocycles. The summed E-state index contributed by atoms with van der Waals surface area (Å²) in [5, 5.41) is 2.47. The lowest BCUT2D eigenvalue weighted by Crippen LogP contribution is -1.92. The van der Waals surface area contributed by atoms with Crippen molar-refractivity contribution in [3.63, 3.8) is 0 Å². The molecular formula is C23H18O. The molecule has 24 heavy (non-hydrogen) atoms. The molecule has 116 valence electrons. The molecular weight excluding hydrogens is 292 g/mol. The summed E-state index contributed by atoms with van der Waals surface area (Å²) in [5.41, 5.74) is 4.72. The van der Waals surface area contributed by atoms with Crippen molar-refractivity contribution in [1.82, 2.24) is 0 Å². The van der Waals surface area contributed by atoms with Gasteiger partial charge in [0, 0.05) is 5.56 Å². The normalized spacial score (nSPS) is 10.7. The third kappa shape index (κ3) is 2.44. The van der Waals surface area contributed by atoms with Gasteiger partial charge in [-0.2, -0.15) is 0 Å². The van der Waals surface area contributed by atoms with E-state index in [0.717, 1.165) is 11.3 Å². The van der Waals surface area contributed by atoms with Crippen LogP contribution in [0.2, 0.25) is 0 Å². The van der Waals surface area contributed by atoms with Gasteiger partial charge in [0.25, 0.3) is 0 Å². The second-order valence-electron chi connectivity index (χ2n) is 5.78. The summed E-state index contributed by atoms with van der Waals surface area (Å²) >= 11 is 0. The van der Waals surface area contributed by atoms with E-state index in [4.69, 9.17) is 4.74 Å². The Morgan fingerprint density at radius 1 is 0.583 bits per heavy atom. The lowest BCUT2D eigenvalue weighted by atomic mass is 9.90. The zero-order chi connectivity index (χ0) is 16.4. The lowest BCUT2D eigenvalue weighted by molar-refractivity contribution is 0.416. The molecule has 0 fully saturated rings. The summed E-state index contributed by atoms with van der Waals surface area (Å²) in [7, 11) is 1.73. The van der Waals surface area contributed by atoms with Crippen LogP contribution < -0.4 is 4.74 Å². The van der Waals surface area contributed by atoms with E-state index in [1.54, 1.807) is 7.11 Å². The third-order valence-electron chi connectivity index (χ3n) is 4.39. The number of hydrogen-bond acceptors (Lipinski definition) is 1. The van der Waals surface area contributed by atoms with Crippen LogP contribution in [0, 0.1) is 0 Å². The predicted molar refractivity (Wildman–Crippen MR) is 101 cm³/mol. The molecule has 0 saturated heterocycles. The Hall–Kier alpha value is -3.06. The van der Waals surface area contributed by atoms with E-state index in [1.165, 1.54) is 27.5 Å². The topological polar surface area (TPSA) is 9.23 Å². The van der Waals surface area contributed by atoms with Crippen molar-refractivity contribution in [2.24, 2.45) is 0 Å². The fourth-order valence-electron chi connectivity index (χ4n) is 3.28. The van der Waals surface area contributed by atoms with E-state index in [9.17, 15) is 0 Å². The summed E-state index contributed by atoms with van der Waals surface area (Å²) in [5.74, 6) is 0.896. The summed E-state index contributed by atoms with van der Waals surface area (Å²) in [6.07, 6.45) is 0. The van der Waals surface area contributed by atoms with Crippen molar-refractivity contribution in [3.05, 3.63) is 91.0 Å². The summed E-state index contributed by atoms with van der Waals surface area (Å²) < 4.78 is 5.71. The van der Waals surface area contributed by atoms with Gasteiger partial charge >= 0.3 is 0 Å². The molecule has 0 bridgehead atoms. The summed E-state index contributed by atoms with van der Waals surface area (Å²) in [6.45, 7) is 0. The number of fused-ring (bicyclic) bond motifs is 1. The number of ether oxygens (including phenoxy) is 1. The van der Waals surface area contributed by atoms with E-state index in [-0.39, 0.29) is 0 Å². The number of benzene rings is 4. The number of rotatable bonds is 3. The van der Waals surface area contributed by atoms with Crippen molar-refractivity contribution in [1.29, 1.82) is 0 Å². The average Bonchev–Trinajstić information content (AvgIpc) is 2.67. The van der Waals surface area contributed by atoms with E-state index in [1.807, 2.05) is 12.1 Å². The first-order valence-electron chi connectivity index (χ1n) is 8.09. The molecule has 0 heterocycles. The maximum Gasteiger partial charge on any atom is 0.127 e. The highest BCUT2D eigenvalue weighted by Gasteiger charge is 2.15. The first-order chi connectivity index (χ1) is 11.9. The van der Waals surface area contributed by atoms with Gasteiger partial charge in [-0.05, 0) is 33.5 Å². The molecule has 1 nitrogen and oxygen atoms in total. The smallest absolute Gasteiger partial charge is 0.127 e. The van der Waals surface area contributed by atoms with Gasteiger partial charge in [-0.15, -0.1) is 0 Å². The van der Waals surface area contributed by atoms with E-state index >= 15 is 0 Å². The monoisotopic (exact) mass is 310 g/mol. The largest absolute Gasteiger partial charge is 0.496 e. The molecule has 0 amide bonds. The van der Waals surface area contributed by atoms with E-state index in [0.29, 0.717) is 0 Å². The zero-order valence-corrected chi connectivity index (χ0v) is 13.6. The van der Waals surface area contributed by atoms with Crippen molar-refractivity contribution in [2.75, 3.05) is 7.11 Å². The maximum atomic E-state index is 5.71. The van der Waals surface area contributed by atoms with Crippen LogP contribution in [0.15, 0.2) is 91.0 Å². The first-order valence-corrected chi connectivity index (χ1v) is 8.09. The Morgan fingerprint density at radius 2 is 1.25 bits per heavy atom. The Labute approximate surface area is 142 Å². The Kier molecular flexibility index (Phi) is 3.76. The van der Waals surface area contributed by atoms with Crippen LogP contribution in [0.4, 0.5) is 0 Å². The van der Waals surface area contributed by atoms with Crippen LogP contribution in [0.3, 0.4) is 0 Å². The van der Waals surface area contributed by atoms with Crippen molar-refractivity contribution in [3.8, 4) is 28.0 Å². The van der Waals surface area contributed by atoms with E-state index < -0.39 is 0 Å². The van der Waals surface area contributed by atoms with Crippen LogP contribution in [-0.2, 0) is 0 Å². The minimum absolute atomic E-state index is 0.896. The Bertz CT molecular complexity index is 982. The molecule has 0 radical (unpaired) electrons. The van der Waals surface area contributed by atoms with Crippen molar-refractivity contribution < 1.29 is 4.74 Å². The molecule has 0 N–H and O–H groups in total. The van der Waals surface area contributed by atoms with Crippen LogP contribution >= 0.6 is 0 Å². The molecule has 4 aromatic rings. The molecule has 0 unspecified atom stereocenters. The molecule has 0 atom stereocenters. The molecule has 4 aromatic carbocycles. The number of methoxy groups -OCH3 is 1. The van der Waals surface area contributed by atoms with Gasteiger partial charge in [0.2, 0.25) is 0 Å². The fourth-order valence-corrected chi connectivity index (χ4v) is 3.28. The zero-order valence-electron chi connectivity index (χ0n) is 13.6. The van der Waals surface area contributed by atoms with Crippen LogP contribution in [0.25, 0.3) is 33.0 Å². The summed E-state index contributed by atoms with van der Waals surface area (Å²) in [4.78, 5) is 0. The van der Waals surface area contributed by atoms with Gasteiger partial charge in [0.05, 0.1) is 7.11 Å². The third-order valence-corrected chi connectivity index (χ3v) is 4.39. The van der Waals surface area contributed by atoms with Crippen LogP contribution in [0.1, 0.15) is 0 Å². The highest BCUT2D eigenvalue weighted by Crippen LogP contribution is 2.41. The van der Waals surface area contributed by atoms with Crippen LogP contribution in [-0.4, -0.2) is 7.11 Å². The minimum atomic E-state index is 0.896. The molecule has 0 aliphatic carbocycles. The van der Waals surface area contributed by atoms with Crippen molar-refractivity contribution >= 4 is 10.8 Å². The second kappa shape index (κ2) is 6.21. The highest BCUT2D eigenvalue weighted by atomic mass is 16.5. The fraction of sp³-hybridized carbons (Fsp3) is 0.0435. The molecule has 0 aromatic heterocycles. The van der Waals surface area contributed by atoms with Gasteiger partial charge in [-0.3, -0.25) is 0 Å². The quantitative estimate of drug-likeness (QED) is 0.439. The SMILES string of the molecule is COc1cccc(-c2ccccc2)c1-c1cccc2ccccc12. The highest BCUT2D eigenvalue weighted by molar-refractivity contribution is 6.02. The minimum Gasteiger partial charge on any atom is -0.496 e. The Morgan fingerprint density at radius 3 is 2.08 bits per heavy atom. The maximum absolute atomic E-state index is 5.71. The van der Waals surface area contributed by atoms with Gasteiger partial charge in [0.15, 0.2) is 0 Å². The second-order valence-corrected chi connectivity index (χ2v) is 5.78. The van der Waals surface area contributed by atoms with Gasteiger partial charge in [-0.1, -0.05) is 84.9 Å².